The normalized spacial score (nSPS) is 12.9. The molecule has 14 heteroatoms. The summed E-state index contributed by atoms with van der Waals surface area (Å²) in [6.45, 7) is 9.08. The van der Waals surface area contributed by atoms with Crippen LogP contribution in [-0.2, 0) is 19.9 Å². The molecule has 0 saturated carbocycles. The minimum absolute atomic E-state index is 0. The zero-order chi connectivity index (χ0) is 28.7. The summed E-state index contributed by atoms with van der Waals surface area (Å²) in [5.74, 6) is 0.464. The summed E-state index contributed by atoms with van der Waals surface area (Å²) in [6.07, 6.45) is 5.03. The molecule has 2 amide bonds. The Morgan fingerprint density at radius 1 is 1.05 bits per heavy atom. The van der Waals surface area contributed by atoms with Gasteiger partial charge in [-0.05, 0) is 46.2 Å². The van der Waals surface area contributed by atoms with E-state index < -0.39 is 13.5 Å². The fourth-order valence-electron chi connectivity index (χ4n) is 3.77. The molecule has 0 unspecified atom stereocenters. The van der Waals surface area contributed by atoms with Crippen molar-refractivity contribution in [2.45, 2.75) is 53.9 Å². The summed E-state index contributed by atoms with van der Waals surface area (Å²) >= 11 is 0. The lowest BCUT2D eigenvalue weighted by atomic mass is 10.2. The van der Waals surface area contributed by atoms with Gasteiger partial charge in [-0.3, -0.25) is 18.8 Å². The molecule has 41 heavy (non-hydrogen) atoms. The molecule has 1 saturated heterocycles. The number of ether oxygens (including phenoxy) is 2. The average Bonchev–Trinajstić information content (AvgIpc) is 3.29. The third-order valence-electron chi connectivity index (χ3n) is 5.58. The molecular formula is C27H37N6O7P. The predicted molar refractivity (Wildman–Crippen MR) is 153 cm³/mol. The van der Waals surface area contributed by atoms with E-state index in [9.17, 15) is 14.2 Å². The van der Waals surface area contributed by atoms with Gasteiger partial charge in [-0.2, -0.15) is 5.10 Å². The van der Waals surface area contributed by atoms with E-state index in [1.807, 2.05) is 13.8 Å². The standard InChI is InChI=1S/C26H33N6O7P.CH4/c1-5-36-40(35,37-6-2)17-32-11-8-23(30-32)29-25(33)19-12-20(38-18(3)4)14-21(13-19)39-24-16-27-22(15-28-24)26(34)31-9-7-10-31;/h8,11-16,18H,5-7,9-10,17H2,1-4H3,(H,29,30,33);1H4. The summed E-state index contributed by atoms with van der Waals surface area (Å²) < 4.78 is 36.5. The second-order valence-corrected chi connectivity index (χ2v) is 11.2. The number of amides is 2. The van der Waals surface area contributed by atoms with Crippen LogP contribution in [0.15, 0.2) is 42.9 Å². The highest BCUT2D eigenvalue weighted by Gasteiger charge is 2.25. The number of nitrogens with zero attached hydrogens (tertiary/aromatic N) is 5. The van der Waals surface area contributed by atoms with Crippen molar-refractivity contribution < 1.29 is 32.7 Å². The number of anilines is 1. The van der Waals surface area contributed by atoms with E-state index in [1.165, 1.54) is 23.1 Å². The summed E-state index contributed by atoms with van der Waals surface area (Å²) in [5.41, 5.74) is 0.483. The van der Waals surface area contributed by atoms with Crippen LogP contribution in [-0.4, -0.2) is 68.9 Å². The van der Waals surface area contributed by atoms with Crippen molar-refractivity contribution in [3.05, 3.63) is 54.1 Å². The van der Waals surface area contributed by atoms with Gasteiger partial charge in [0.05, 0.1) is 31.7 Å². The van der Waals surface area contributed by atoms with Crippen LogP contribution in [0.3, 0.4) is 0 Å². The second-order valence-electron chi connectivity index (χ2n) is 9.13. The second kappa shape index (κ2) is 14.2. The zero-order valence-corrected chi connectivity index (χ0v) is 23.8. The maximum atomic E-state index is 13.1. The van der Waals surface area contributed by atoms with Gasteiger partial charge in [-0.25, -0.2) is 9.97 Å². The number of rotatable bonds is 13. The molecule has 3 aromatic rings. The molecule has 1 aliphatic heterocycles. The lowest BCUT2D eigenvalue weighted by molar-refractivity contribution is 0.0645. The highest BCUT2D eigenvalue weighted by atomic mass is 31.2. The molecule has 222 valence electrons. The number of aromatic nitrogens is 4. The molecule has 0 radical (unpaired) electrons. The van der Waals surface area contributed by atoms with Crippen LogP contribution in [0, 0.1) is 0 Å². The number of likely N-dealkylation sites (tertiary alicyclic amines) is 1. The zero-order valence-electron chi connectivity index (χ0n) is 22.9. The van der Waals surface area contributed by atoms with Crippen LogP contribution in [0.5, 0.6) is 17.4 Å². The first kappa shape index (κ1) is 31.7. The maximum absolute atomic E-state index is 13.1. The van der Waals surface area contributed by atoms with Crippen LogP contribution in [0.25, 0.3) is 0 Å². The first-order chi connectivity index (χ1) is 19.2. The molecule has 3 heterocycles. The van der Waals surface area contributed by atoms with Crippen molar-refractivity contribution in [2.24, 2.45) is 0 Å². The summed E-state index contributed by atoms with van der Waals surface area (Å²) in [4.78, 5) is 35.5. The SMILES string of the molecule is C.CCOP(=O)(Cn1ccc(NC(=O)c2cc(Oc3cnc(C(=O)N4CCC4)cn3)cc(OC(C)C)c2)n1)OCC. The first-order valence-corrected chi connectivity index (χ1v) is 14.7. The van der Waals surface area contributed by atoms with Crippen LogP contribution in [0.1, 0.15) is 62.4 Å². The van der Waals surface area contributed by atoms with E-state index in [0.29, 0.717) is 24.6 Å². The lowest BCUT2D eigenvalue weighted by Gasteiger charge is -2.30. The van der Waals surface area contributed by atoms with E-state index in [-0.39, 0.29) is 61.9 Å². The molecule has 0 spiro atoms. The van der Waals surface area contributed by atoms with Crippen LogP contribution in [0.2, 0.25) is 0 Å². The Morgan fingerprint density at radius 2 is 1.76 bits per heavy atom. The largest absolute Gasteiger partial charge is 0.491 e. The highest BCUT2D eigenvalue weighted by Crippen LogP contribution is 2.49. The average molecular weight is 589 g/mol. The summed E-state index contributed by atoms with van der Waals surface area (Å²) in [5, 5.41) is 6.99. The monoisotopic (exact) mass is 588 g/mol. The summed E-state index contributed by atoms with van der Waals surface area (Å²) in [6, 6.07) is 6.31. The fourth-order valence-corrected chi connectivity index (χ4v) is 5.31. The van der Waals surface area contributed by atoms with Crippen molar-refractivity contribution in [3.63, 3.8) is 0 Å². The minimum atomic E-state index is -3.37. The van der Waals surface area contributed by atoms with Crippen molar-refractivity contribution in [2.75, 3.05) is 31.6 Å². The quantitative estimate of drug-likeness (QED) is 0.264. The van der Waals surface area contributed by atoms with Gasteiger partial charge in [0.15, 0.2) is 5.82 Å². The smallest absolute Gasteiger partial charge is 0.351 e. The van der Waals surface area contributed by atoms with Crippen molar-refractivity contribution in [1.29, 1.82) is 0 Å². The molecule has 1 N–H and O–H groups in total. The number of nitrogens with one attached hydrogen (secondary N) is 1. The van der Waals surface area contributed by atoms with Crippen molar-refractivity contribution >= 4 is 25.2 Å². The molecule has 2 aromatic heterocycles. The van der Waals surface area contributed by atoms with Crippen LogP contribution < -0.4 is 14.8 Å². The van der Waals surface area contributed by atoms with Gasteiger partial charge in [0.1, 0.15) is 23.5 Å². The van der Waals surface area contributed by atoms with E-state index in [0.717, 1.165) is 6.42 Å². The molecule has 0 bridgehead atoms. The Kier molecular flexibility index (Phi) is 11.0. The van der Waals surface area contributed by atoms with Gasteiger partial charge >= 0.3 is 7.60 Å². The molecule has 0 atom stereocenters. The van der Waals surface area contributed by atoms with Gasteiger partial charge < -0.3 is 28.7 Å². The number of hydrogen-bond donors (Lipinski definition) is 1. The molecule has 1 fully saturated rings. The third-order valence-corrected chi connectivity index (χ3v) is 7.52. The van der Waals surface area contributed by atoms with E-state index in [2.05, 4.69) is 20.4 Å². The van der Waals surface area contributed by atoms with Gasteiger partial charge in [0.2, 0.25) is 5.88 Å². The van der Waals surface area contributed by atoms with Crippen LogP contribution in [0.4, 0.5) is 5.82 Å². The molecule has 13 nitrogen and oxygen atoms in total. The first-order valence-electron chi connectivity index (χ1n) is 13.0. The molecule has 1 aromatic carbocycles. The van der Waals surface area contributed by atoms with Gasteiger partial charge in [0, 0.05) is 37.0 Å². The van der Waals surface area contributed by atoms with E-state index in [4.69, 9.17) is 18.5 Å². The van der Waals surface area contributed by atoms with E-state index >= 15 is 0 Å². The molecule has 0 aliphatic carbocycles. The Balaban J connectivity index is 0.00000462. The molecular weight excluding hydrogens is 551 g/mol. The Labute approximate surface area is 239 Å². The Morgan fingerprint density at radius 3 is 2.34 bits per heavy atom. The lowest BCUT2D eigenvalue weighted by Crippen LogP contribution is -2.42. The molecule has 1 aliphatic rings. The Bertz CT molecular complexity index is 1360. The maximum Gasteiger partial charge on any atom is 0.351 e. The van der Waals surface area contributed by atoms with Crippen molar-refractivity contribution in [1.82, 2.24) is 24.6 Å². The summed E-state index contributed by atoms with van der Waals surface area (Å²) in [7, 11) is -3.37. The van der Waals surface area contributed by atoms with E-state index in [1.54, 1.807) is 43.1 Å². The number of hydrogen-bond acceptors (Lipinski definition) is 10. The third kappa shape index (κ3) is 8.59. The van der Waals surface area contributed by atoms with Crippen molar-refractivity contribution in [3.8, 4) is 17.4 Å². The number of benzene rings is 1. The topological polar surface area (TPSA) is 147 Å². The number of carbonyl (C=O) groups excluding carboxylic acids is 2. The Hall–Kier alpha value is -3.80. The van der Waals surface area contributed by atoms with Crippen LogP contribution >= 0.6 is 7.60 Å². The van der Waals surface area contributed by atoms with Gasteiger partial charge in [-0.1, -0.05) is 7.43 Å². The van der Waals surface area contributed by atoms with Gasteiger partial charge in [0.25, 0.3) is 11.8 Å². The minimum Gasteiger partial charge on any atom is -0.491 e. The molecule has 4 rings (SSSR count). The fraction of sp³-hybridized carbons (Fsp3) is 0.444. The predicted octanol–water partition coefficient (Wildman–Crippen LogP) is 5.21. The highest BCUT2D eigenvalue weighted by molar-refractivity contribution is 7.52. The number of carbonyl (C=O) groups is 2. The van der Waals surface area contributed by atoms with Gasteiger partial charge in [-0.15, -0.1) is 0 Å².